The molecule has 1 aliphatic heterocycles. The third kappa shape index (κ3) is 5.77. The van der Waals surface area contributed by atoms with Crippen LogP contribution in [0.1, 0.15) is 37.4 Å². The lowest BCUT2D eigenvalue weighted by Gasteiger charge is -2.30. The van der Waals surface area contributed by atoms with Crippen LogP contribution in [0.3, 0.4) is 0 Å². The number of aliphatic carboxylic acids is 1. The third-order valence-electron chi connectivity index (χ3n) is 7.13. The maximum absolute atomic E-state index is 13.2. The molecule has 0 saturated carbocycles. The molecule has 212 valence electrons. The van der Waals surface area contributed by atoms with E-state index in [4.69, 9.17) is 11.6 Å². The van der Waals surface area contributed by atoms with Crippen LogP contribution >= 0.6 is 11.6 Å². The molecule has 4 aromatic rings. The van der Waals surface area contributed by atoms with Crippen LogP contribution in [0.4, 0.5) is 0 Å². The number of carboxylic acid groups (broad SMARTS) is 1. The van der Waals surface area contributed by atoms with Crippen molar-refractivity contribution in [3.8, 4) is 5.75 Å². The Morgan fingerprint density at radius 1 is 1.12 bits per heavy atom. The topological polar surface area (TPSA) is 157 Å². The second-order valence-electron chi connectivity index (χ2n) is 9.96. The highest BCUT2D eigenvalue weighted by Crippen LogP contribution is 2.36. The van der Waals surface area contributed by atoms with Gasteiger partial charge >= 0.3 is 5.97 Å². The number of carboxylic acids is 1. The van der Waals surface area contributed by atoms with Gasteiger partial charge in [-0.05, 0) is 59.3 Å². The molecule has 1 aromatic heterocycles. The number of H-pyrrole nitrogens is 1. The summed E-state index contributed by atoms with van der Waals surface area (Å²) in [4.78, 5) is 43.1. The number of phenols is 1. The molecule has 1 aliphatic rings. The first kappa shape index (κ1) is 28.2. The lowest BCUT2D eigenvalue weighted by atomic mass is 9.94. The molecule has 5 rings (SSSR count). The van der Waals surface area contributed by atoms with E-state index >= 15 is 0 Å². The largest absolute Gasteiger partial charge is 0.507 e. The molecular formula is C29H26ClN3O7S. The predicted molar refractivity (Wildman–Crippen MR) is 152 cm³/mol. The molecule has 41 heavy (non-hydrogen) atoms. The van der Waals surface area contributed by atoms with Crippen molar-refractivity contribution in [3.63, 3.8) is 0 Å². The molecule has 1 unspecified atom stereocenters. The lowest BCUT2D eigenvalue weighted by Crippen LogP contribution is -2.42. The highest BCUT2D eigenvalue weighted by atomic mass is 35.5. The van der Waals surface area contributed by atoms with Crippen LogP contribution in [-0.4, -0.2) is 65.1 Å². The molecule has 12 heteroatoms. The summed E-state index contributed by atoms with van der Waals surface area (Å²) in [7, 11) is -3.51. The highest BCUT2D eigenvalue weighted by Gasteiger charge is 2.30. The molecule has 0 radical (unpaired) electrons. The average molecular weight is 596 g/mol. The number of amides is 2. The van der Waals surface area contributed by atoms with Gasteiger partial charge in [0.15, 0.2) is 9.84 Å². The van der Waals surface area contributed by atoms with E-state index in [1.54, 1.807) is 29.3 Å². The number of nitrogens with one attached hydrogen (secondary N) is 2. The van der Waals surface area contributed by atoms with Crippen molar-refractivity contribution in [1.29, 1.82) is 0 Å². The predicted octanol–water partition coefficient (Wildman–Crippen LogP) is 3.55. The van der Waals surface area contributed by atoms with Crippen molar-refractivity contribution in [2.24, 2.45) is 0 Å². The number of aromatic nitrogens is 1. The van der Waals surface area contributed by atoms with Crippen molar-refractivity contribution in [1.82, 2.24) is 15.2 Å². The number of phenolic OH excluding ortho intramolecular Hbond substituents is 1. The summed E-state index contributed by atoms with van der Waals surface area (Å²) >= 11 is 6.41. The average Bonchev–Trinajstić information content (AvgIpc) is 3.39. The molecule has 0 bridgehead atoms. The van der Waals surface area contributed by atoms with E-state index in [9.17, 15) is 33.0 Å². The molecule has 0 fully saturated rings. The Hall–Kier alpha value is -4.35. The molecule has 4 N–H and O–H groups in total. The molecule has 0 aliphatic carbocycles. The van der Waals surface area contributed by atoms with Crippen molar-refractivity contribution < 1.29 is 33.0 Å². The van der Waals surface area contributed by atoms with E-state index in [0.717, 1.165) is 17.2 Å². The van der Waals surface area contributed by atoms with E-state index < -0.39 is 27.8 Å². The van der Waals surface area contributed by atoms with Gasteiger partial charge in [-0.1, -0.05) is 29.8 Å². The van der Waals surface area contributed by atoms with E-state index in [1.165, 1.54) is 24.3 Å². The van der Waals surface area contributed by atoms with E-state index in [-0.39, 0.29) is 46.5 Å². The van der Waals surface area contributed by atoms with Crippen LogP contribution in [0.15, 0.2) is 65.7 Å². The number of nitrogens with zero attached hydrogens (tertiary/aromatic N) is 1. The molecule has 10 nitrogen and oxygen atoms in total. The van der Waals surface area contributed by atoms with Crippen molar-refractivity contribution in [2.75, 3.05) is 12.8 Å². The Labute approximate surface area is 240 Å². The monoisotopic (exact) mass is 595 g/mol. The number of aromatic amines is 1. The zero-order valence-electron chi connectivity index (χ0n) is 21.8. The molecule has 3 aromatic carbocycles. The number of benzene rings is 3. The number of carbonyl (C=O) groups excluding carboxylic acids is 2. The number of sulfone groups is 1. The number of hydrogen-bond acceptors (Lipinski definition) is 6. The molecule has 2 amide bonds. The van der Waals surface area contributed by atoms with Gasteiger partial charge in [0.2, 0.25) is 0 Å². The summed E-state index contributed by atoms with van der Waals surface area (Å²) in [6.45, 7) is 0.458. The minimum atomic E-state index is -3.51. The van der Waals surface area contributed by atoms with Crippen molar-refractivity contribution in [2.45, 2.75) is 30.3 Å². The Morgan fingerprint density at radius 2 is 1.90 bits per heavy atom. The maximum atomic E-state index is 13.2. The van der Waals surface area contributed by atoms with E-state index in [0.29, 0.717) is 28.8 Å². The quantitative estimate of drug-likeness (QED) is 0.254. The van der Waals surface area contributed by atoms with Gasteiger partial charge in [0, 0.05) is 48.6 Å². The fourth-order valence-electron chi connectivity index (χ4n) is 5.00. The van der Waals surface area contributed by atoms with Crippen LogP contribution in [0.5, 0.6) is 5.75 Å². The van der Waals surface area contributed by atoms with Gasteiger partial charge in [-0.25, -0.2) is 13.2 Å². The zero-order valence-corrected chi connectivity index (χ0v) is 23.4. The van der Waals surface area contributed by atoms with Gasteiger partial charge in [-0.3, -0.25) is 9.59 Å². The number of halogens is 1. The highest BCUT2D eigenvalue weighted by molar-refractivity contribution is 7.90. The summed E-state index contributed by atoms with van der Waals surface area (Å²) in [5.74, 6) is -2.79. The van der Waals surface area contributed by atoms with Gasteiger partial charge in [-0.2, -0.15) is 0 Å². The fraction of sp³-hybridized carbons (Fsp3) is 0.207. The number of hydrogen-bond donors (Lipinski definition) is 4. The lowest BCUT2D eigenvalue weighted by molar-refractivity contribution is -0.139. The Balaban J connectivity index is 1.35. The van der Waals surface area contributed by atoms with Crippen LogP contribution in [-0.2, 0) is 34.0 Å². The minimum absolute atomic E-state index is 0.0261. The van der Waals surface area contributed by atoms with Crippen LogP contribution in [0.25, 0.3) is 10.9 Å². The second-order valence-corrected chi connectivity index (χ2v) is 12.4. The number of fused-ring (bicyclic) bond motifs is 2. The first-order valence-corrected chi connectivity index (χ1v) is 14.9. The Kier molecular flexibility index (Phi) is 7.50. The second kappa shape index (κ2) is 10.9. The zero-order chi connectivity index (χ0) is 29.5. The first-order chi connectivity index (χ1) is 19.4. The molecule has 2 heterocycles. The smallest absolute Gasteiger partial charge is 0.326 e. The fourth-order valence-corrected chi connectivity index (χ4v) is 6.00. The Morgan fingerprint density at radius 3 is 2.63 bits per heavy atom. The number of carbonyl (C=O) groups is 3. The van der Waals surface area contributed by atoms with Gasteiger partial charge in [0.05, 0.1) is 15.5 Å². The molecule has 0 spiro atoms. The summed E-state index contributed by atoms with van der Waals surface area (Å²) in [5.41, 5.74) is 2.51. The third-order valence-corrected chi connectivity index (χ3v) is 8.54. The molecule has 0 saturated heterocycles. The minimum Gasteiger partial charge on any atom is -0.507 e. The summed E-state index contributed by atoms with van der Waals surface area (Å²) in [6.07, 6.45) is 2.90. The summed E-state index contributed by atoms with van der Waals surface area (Å²) in [5, 5.41) is 24.0. The van der Waals surface area contributed by atoms with Crippen molar-refractivity contribution >= 4 is 50.1 Å². The van der Waals surface area contributed by atoms with Gasteiger partial charge in [0.1, 0.15) is 11.8 Å². The van der Waals surface area contributed by atoms with Crippen LogP contribution < -0.4 is 5.32 Å². The van der Waals surface area contributed by atoms with Gasteiger partial charge < -0.3 is 25.4 Å². The molecule has 1 atom stereocenters. The van der Waals surface area contributed by atoms with Crippen LogP contribution in [0.2, 0.25) is 5.02 Å². The van der Waals surface area contributed by atoms with Crippen molar-refractivity contribution in [3.05, 3.63) is 93.6 Å². The maximum Gasteiger partial charge on any atom is 0.326 e. The van der Waals surface area contributed by atoms with E-state index in [2.05, 4.69) is 10.3 Å². The Bertz CT molecular complexity index is 1820. The number of rotatable bonds is 7. The standard InChI is InChI=1S/C29H26ClN3O7S/c1-41(39,40)20-4-2-3-16(11-20)12-24(29(37)38)32-27(35)25-22(30)13-19-15-33(10-8-21(19)26(25)34)28(36)18-6-5-17-7-9-31-23(17)14-18/h2-7,9,11,13-14,24,31,34H,8,10,12,15H2,1H3,(H,32,35)(H,37,38). The normalized spacial score (nSPS) is 14.0. The molecular weight excluding hydrogens is 570 g/mol. The number of aromatic hydroxyl groups is 1. The van der Waals surface area contributed by atoms with E-state index in [1.807, 2.05) is 12.1 Å². The SMILES string of the molecule is CS(=O)(=O)c1cccc(CC(NC(=O)c2c(Cl)cc3c(c2O)CCN(C(=O)c2ccc4cc[nH]c4c2)C3)C(=O)O)c1. The van der Waals surface area contributed by atoms with Gasteiger partial charge in [0.25, 0.3) is 11.8 Å². The summed E-state index contributed by atoms with van der Waals surface area (Å²) in [6, 6.07) is 13.2. The van der Waals surface area contributed by atoms with Crippen LogP contribution in [0, 0.1) is 0 Å². The first-order valence-electron chi connectivity index (χ1n) is 12.6. The van der Waals surface area contributed by atoms with Gasteiger partial charge in [-0.15, -0.1) is 0 Å². The summed E-state index contributed by atoms with van der Waals surface area (Å²) < 4.78 is 23.8.